The second-order valence-corrected chi connectivity index (χ2v) is 10.4. The fourth-order valence-electron chi connectivity index (χ4n) is 3.10. The van der Waals surface area contributed by atoms with Crippen molar-refractivity contribution in [2.45, 2.75) is 30.9 Å². The minimum Gasteiger partial charge on any atom is -0.351 e. The zero-order chi connectivity index (χ0) is 25.3. The lowest BCUT2D eigenvalue weighted by molar-refractivity contribution is -0.141. The number of benzene rings is 1. The molecule has 0 saturated carbocycles. The number of nitrogens with one attached hydrogen (secondary N) is 1. The number of pyridine rings is 1. The van der Waals surface area contributed by atoms with E-state index in [1.165, 1.54) is 42.0 Å². The summed E-state index contributed by atoms with van der Waals surface area (Å²) in [4.78, 5) is 20.4. The Morgan fingerprint density at radius 1 is 1.24 bits per heavy atom. The highest BCUT2D eigenvalue weighted by Crippen LogP contribution is 2.31. The molecule has 0 aliphatic carbocycles. The van der Waals surface area contributed by atoms with Crippen LogP contribution in [0, 0.1) is 5.82 Å². The topological polar surface area (TPSA) is 115 Å². The van der Waals surface area contributed by atoms with Crippen LogP contribution in [-0.4, -0.2) is 30.5 Å². The van der Waals surface area contributed by atoms with Gasteiger partial charge in [0, 0.05) is 23.7 Å². The van der Waals surface area contributed by atoms with Crippen molar-refractivity contribution in [2.24, 2.45) is 5.73 Å². The highest BCUT2D eigenvalue weighted by molar-refractivity contribution is 7.90. The molecule has 0 fully saturated rings. The number of carbonyl (C=O) groups excluding carboxylic acids is 1. The Labute approximate surface area is 197 Å². The van der Waals surface area contributed by atoms with Gasteiger partial charge in [0.15, 0.2) is 9.84 Å². The average Bonchev–Trinajstić information content (AvgIpc) is 3.29. The number of nitrogens with two attached hydrogens (primary N) is 1. The average molecular weight is 517 g/mol. The normalized spacial score (nSPS) is 14.0. The third-order valence-corrected chi connectivity index (χ3v) is 6.85. The molecule has 0 saturated heterocycles. The van der Waals surface area contributed by atoms with E-state index in [0.717, 1.165) is 18.4 Å². The molecule has 2 unspecified atom stereocenters. The fourth-order valence-corrected chi connectivity index (χ4v) is 4.29. The summed E-state index contributed by atoms with van der Waals surface area (Å²) in [7, 11) is -3.72. The molecule has 2 aromatic heterocycles. The number of hydrogen-bond acceptors (Lipinski definition) is 7. The maximum absolute atomic E-state index is 14.5. The number of sulfone groups is 1. The summed E-state index contributed by atoms with van der Waals surface area (Å²) in [6.07, 6.45) is -3.76. The number of amides is 1. The number of hydrogen-bond donors (Lipinski definition) is 2. The van der Waals surface area contributed by atoms with Gasteiger partial charge in [-0.2, -0.15) is 13.2 Å². The first-order valence-corrected chi connectivity index (χ1v) is 12.7. The number of nitrogens with zero attached hydrogens (tertiary/aromatic N) is 2. The summed E-state index contributed by atoms with van der Waals surface area (Å²) in [6.45, 7) is 1.37. The summed E-state index contributed by atoms with van der Waals surface area (Å²) in [5.74, 6) is -2.24. The van der Waals surface area contributed by atoms with Crippen LogP contribution in [0.25, 0.3) is 11.4 Å². The maximum Gasteiger partial charge on any atom is 0.433 e. The van der Waals surface area contributed by atoms with Crippen molar-refractivity contribution < 1.29 is 30.8 Å². The molecular weight excluding hydrogens is 496 g/mol. The van der Waals surface area contributed by atoms with E-state index in [1.54, 1.807) is 5.38 Å². The van der Waals surface area contributed by atoms with Crippen molar-refractivity contribution in [1.82, 2.24) is 15.3 Å². The van der Waals surface area contributed by atoms with E-state index in [9.17, 15) is 30.8 Å². The summed E-state index contributed by atoms with van der Waals surface area (Å²) >= 11 is 1.19. The predicted octanol–water partition coefficient (Wildman–Crippen LogP) is 3.78. The molecule has 2 atom stereocenters. The van der Waals surface area contributed by atoms with Crippen LogP contribution in [-0.2, 0) is 27.4 Å². The lowest BCUT2D eigenvalue weighted by Crippen LogP contribution is -2.28. The lowest BCUT2D eigenvalue weighted by atomic mass is 9.98. The van der Waals surface area contributed by atoms with Gasteiger partial charge in [0.05, 0.1) is 22.8 Å². The molecule has 0 bridgehead atoms. The van der Waals surface area contributed by atoms with Crippen molar-refractivity contribution in [2.75, 3.05) is 6.26 Å². The van der Waals surface area contributed by atoms with Crippen LogP contribution < -0.4 is 11.1 Å². The van der Waals surface area contributed by atoms with Crippen molar-refractivity contribution in [1.29, 1.82) is 0 Å². The minimum atomic E-state index is -4.64. The Morgan fingerprint density at radius 2 is 1.94 bits per heavy atom. The SMILES string of the molecule is CC(C(=O)NCc1ccc(C(F)(F)F)nc1-c1cscn1)c1ccc(C(N)S(C)(=O)=O)c(F)c1. The Bertz CT molecular complexity index is 1300. The molecule has 2 heterocycles. The molecule has 34 heavy (non-hydrogen) atoms. The smallest absolute Gasteiger partial charge is 0.351 e. The van der Waals surface area contributed by atoms with E-state index in [0.29, 0.717) is 5.56 Å². The monoisotopic (exact) mass is 516 g/mol. The quantitative estimate of drug-likeness (QED) is 0.462. The molecule has 7 nitrogen and oxygen atoms in total. The Hall–Kier alpha value is -2.90. The van der Waals surface area contributed by atoms with Crippen LogP contribution in [0.1, 0.15) is 40.6 Å². The van der Waals surface area contributed by atoms with Gasteiger partial charge in [0.2, 0.25) is 5.91 Å². The molecular formula is C21H20F4N4O3S2. The van der Waals surface area contributed by atoms with Gasteiger partial charge < -0.3 is 11.1 Å². The fraction of sp³-hybridized carbons (Fsp3) is 0.286. The van der Waals surface area contributed by atoms with Gasteiger partial charge in [-0.25, -0.2) is 22.8 Å². The number of alkyl halides is 3. The molecule has 1 amide bonds. The predicted molar refractivity (Wildman–Crippen MR) is 119 cm³/mol. The van der Waals surface area contributed by atoms with Gasteiger partial charge in [0.25, 0.3) is 0 Å². The Kier molecular flexibility index (Phi) is 7.38. The molecule has 3 N–H and O–H groups in total. The molecule has 3 rings (SSSR count). The van der Waals surface area contributed by atoms with E-state index < -0.39 is 44.7 Å². The van der Waals surface area contributed by atoms with Crippen LogP contribution in [0.4, 0.5) is 17.6 Å². The molecule has 0 aliphatic rings. The third-order valence-electron chi connectivity index (χ3n) is 5.08. The first kappa shape index (κ1) is 25.7. The van der Waals surface area contributed by atoms with E-state index >= 15 is 0 Å². The van der Waals surface area contributed by atoms with E-state index in [1.807, 2.05) is 0 Å². The number of rotatable bonds is 7. The largest absolute Gasteiger partial charge is 0.433 e. The number of thiazole rings is 1. The van der Waals surface area contributed by atoms with Gasteiger partial charge >= 0.3 is 6.18 Å². The maximum atomic E-state index is 14.5. The minimum absolute atomic E-state index is 0.00538. The zero-order valence-electron chi connectivity index (χ0n) is 17.9. The van der Waals surface area contributed by atoms with Crippen LogP contribution >= 0.6 is 11.3 Å². The van der Waals surface area contributed by atoms with Gasteiger partial charge in [-0.3, -0.25) is 4.79 Å². The van der Waals surface area contributed by atoms with Crippen LogP contribution in [0.2, 0.25) is 0 Å². The van der Waals surface area contributed by atoms with Gasteiger partial charge in [-0.05, 0) is 30.2 Å². The standard InChI is InChI=1S/C21H20F4N4O3S2/c1-11(12-3-5-14(15(22)7-12)19(26)34(2,31)32)20(30)27-8-13-4-6-17(21(23,24)25)29-18(13)16-9-33-10-28-16/h3-7,9-11,19H,8,26H2,1-2H3,(H,27,30). The lowest BCUT2D eigenvalue weighted by Gasteiger charge is -2.17. The van der Waals surface area contributed by atoms with Crippen molar-refractivity contribution in [3.63, 3.8) is 0 Å². The Balaban J connectivity index is 1.79. The van der Waals surface area contributed by atoms with Gasteiger partial charge in [0.1, 0.15) is 16.9 Å². The zero-order valence-corrected chi connectivity index (χ0v) is 19.6. The summed E-state index contributed by atoms with van der Waals surface area (Å²) < 4.78 is 77.0. The highest BCUT2D eigenvalue weighted by Gasteiger charge is 2.33. The van der Waals surface area contributed by atoms with Crippen LogP contribution in [0.3, 0.4) is 0 Å². The van der Waals surface area contributed by atoms with Crippen molar-refractivity contribution >= 4 is 27.1 Å². The molecule has 3 aromatic rings. The molecule has 0 radical (unpaired) electrons. The summed E-state index contributed by atoms with van der Waals surface area (Å²) in [6, 6.07) is 5.68. The second-order valence-electron chi connectivity index (χ2n) is 7.55. The summed E-state index contributed by atoms with van der Waals surface area (Å²) in [5.41, 5.74) is 6.55. The third kappa shape index (κ3) is 5.77. The van der Waals surface area contributed by atoms with E-state index in [4.69, 9.17) is 5.73 Å². The molecule has 182 valence electrons. The van der Waals surface area contributed by atoms with E-state index in [2.05, 4.69) is 15.3 Å². The highest BCUT2D eigenvalue weighted by atomic mass is 32.2. The molecule has 0 spiro atoms. The molecule has 1 aromatic carbocycles. The first-order valence-electron chi connectivity index (χ1n) is 9.76. The first-order chi connectivity index (χ1) is 15.8. The van der Waals surface area contributed by atoms with Crippen LogP contribution in [0.5, 0.6) is 0 Å². The second kappa shape index (κ2) is 9.76. The van der Waals surface area contributed by atoms with Crippen LogP contribution in [0.15, 0.2) is 41.2 Å². The van der Waals surface area contributed by atoms with E-state index in [-0.39, 0.29) is 29.1 Å². The number of aromatic nitrogens is 2. The molecule has 0 aliphatic heterocycles. The van der Waals surface area contributed by atoms with Gasteiger partial charge in [-0.1, -0.05) is 18.2 Å². The Morgan fingerprint density at radius 3 is 2.50 bits per heavy atom. The summed E-state index contributed by atoms with van der Waals surface area (Å²) in [5, 5.41) is 2.62. The van der Waals surface area contributed by atoms with Crippen molar-refractivity contribution in [3.8, 4) is 11.4 Å². The molecule has 13 heteroatoms. The number of halogens is 4. The van der Waals surface area contributed by atoms with Gasteiger partial charge in [-0.15, -0.1) is 11.3 Å². The number of carbonyl (C=O) groups is 1. The van der Waals surface area contributed by atoms with Crippen molar-refractivity contribution in [3.05, 3.63) is 69.4 Å².